The predicted molar refractivity (Wildman–Crippen MR) is 119 cm³/mol. The van der Waals surface area contributed by atoms with Gasteiger partial charge in [0.05, 0.1) is 38.5 Å². The minimum atomic E-state index is -0.708. The van der Waals surface area contributed by atoms with Crippen LogP contribution in [0.3, 0.4) is 0 Å². The number of carbonyl (C=O) groups excluding carboxylic acids is 2. The minimum Gasteiger partial charge on any atom is -0.507 e. The third kappa shape index (κ3) is 3.68. The lowest BCUT2D eigenvalue weighted by molar-refractivity contribution is -0.141. The smallest absolute Gasteiger partial charge is 0.295 e. The average molecular weight is 437 g/mol. The zero-order valence-corrected chi connectivity index (χ0v) is 18.5. The zero-order valence-electron chi connectivity index (χ0n) is 18.5. The molecule has 168 valence electrons. The Balaban J connectivity index is 1.91. The number of ketones is 1. The number of nitrogens with zero attached hydrogens (tertiary/aromatic N) is 1. The zero-order chi connectivity index (χ0) is 22.8. The summed E-state index contributed by atoms with van der Waals surface area (Å²) in [6, 6.07) is 11.4. The summed E-state index contributed by atoms with van der Waals surface area (Å²) in [4.78, 5) is 28.1. The lowest BCUT2D eigenvalue weighted by Crippen LogP contribution is -2.37. The maximum Gasteiger partial charge on any atom is 0.295 e. The van der Waals surface area contributed by atoms with Gasteiger partial charge in [0.25, 0.3) is 11.7 Å². The van der Waals surface area contributed by atoms with Gasteiger partial charge in [0.1, 0.15) is 23.0 Å². The van der Waals surface area contributed by atoms with Crippen LogP contribution in [-0.2, 0) is 9.59 Å². The van der Waals surface area contributed by atoms with E-state index < -0.39 is 17.7 Å². The van der Waals surface area contributed by atoms with E-state index in [1.807, 2.05) is 12.1 Å². The van der Waals surface area contributed by atoms with Crippen LogP contribution in [0.5, 0.6) is 17.2 Å². The molecule has 32 heavy (non-hydrogen) atoms. The quantitative estimate of drug-likeness (QED) is 0.417. The van der Waals surface area contributed by atoms with Crippen LogP contribution in [0.4, 0.5) is 0 Å². The third-order valence-electron chi connectivity index (χ3n) is 6.27. The summed E-state index contributed by atoms with van der Waals surface area (Å²) in [6.07, 6.45) is 3.67. The topological polar surface area (TPSA) is 85.3 Å². The first-order valence-electron chi connectivity index (χ1n) is 10.7. The number of amides is 1. The van der Waals surface area contributed by atoms with Crippen LogP contribution in [-0.4, -0.2) is 49.1 Å². The first-order chi connectivity index (χ1) is 15.5. The monoisotopic (exact) mass is 437 g/mol. The summed E-state index contributed by atoms with van der Waals surface area (Å²) >= 11 is 0. The molecular formula is C25H27NO6. The Morgan fingerprint density at radius 3 is 2.28 bits per heavy atom. The van der Waals surface area contributed by atoms with Crippen LogP contribution in [0.15, 0.2) is 48.0 Å². The number of benzene rings is 2. The molecule has 2 aliphatic rings. The van der Waals surface area contributed by atoms with Gasteiger partial charge in [-0.15, -0.1) is 0 Å². The largest absolute Gasteiger partial charge is 0.507 e. The van der Waals surface area contributed by atoms with E-state index in [-0.39, 0.29) is 17.4 Å². The molecule has 1 aliphatic heterocycles. The summed E-state index contributed by atoms with van der Waals surface area (Å²) in [5.41, 5.74) is 1.09. The van der Waals surface area contributed by atoms with Gasteiger partial charge in [-0.05, 0) is 42.7 Å². The number of rotatable bonds is 6. The van der Waals surface area contributed by atoms with Crippen LogP contribution in [0.1, 0.15) is 42.9 Å². The van der Waals surface area contributed by atoms with E-state index in [2.05, 4.69) is 0 Å². The van der Waals surface area contributed by atoms with Crippen molar-refractivity contribution in [3.63, 3.8) is 0 Å². The fourth-order valence-corrected chi connectivity index (χ4v) is 4.69. The van der Waals surface area contributed by atoms with Gasteiger partial charge in [-0.3, -0.25) is 9.59 Å². The second kappa shape index (κ2) is 8.94. The predicted octanol–water partition coefficient (Wildman–Crippen LogP) is 4.08. The van der Waals surface area contributed by atoms with Crippen LogP contribution in [0.2, 0.25) is 0 Å². The molecule has 1 N–H and O–H groups in total. The molecule has 0 aromatic heterocycles. The van der Waals surface area contributed by atoms with Crippen molar-refractivity contribution in [3.05, 3.63) is 59.2 Å². The Labute approximate surface area is 187 Å². The van der Waals surface area contributed by atoms with Crippen molar-refractivity contribution in [2.75, 3.05) is 21.3 Å². The molecule has 7 nitrogen and oxygen atoms in total. The highest BCUT2D eigenvalue weighted by Crippen LogP contribution is 2.45. The van der Waals surface area contributed by atoms with E-state index >= 15 is 0 Å². The van der Waals surface area contributed by atoms with Gasteiger partial charge >= 0.3 is 0 Å². The van der Waals surface area contributed by atoms with Gasteiger partial charge in [-0.25, -0.2) is 0 Å². The summed E-state index contributed by atoms with van der Waals surface area (Å²) < 4.78 is 16.0. The molecule has 1 saturated carbocycles. The fourth-order valence-electron chi connectivity index (χ4n) is 4.69. The van der Waals surface area contributed by atoms with Crippen molar-refractivity contribution >= 4 is 17.4 Å². The lowest BCUT2D eigenvalue weighted by atomic mass is 9.94. The van der Waals surface area contributed by atoms with Crippen molar-refractivity contribution < 1.29 is 28.9 Å². The first kappa shape index (κ1) is 21.7. The number of ether oxygens (including phenoxy) is 3. The van der Waals surface area contributed by atoms with Crippen LogP contribution in [0, 0.1) is 0 Å². The molecule has 1 aliphatic carbocycles. The standard InChI is InChI=1S/C25H27NO6/c1-30-17-10-6-7-15(13-17)22-21(24(28)25(29)26(22)16-8-4-5-9-16)23(27)19-12-11-18(31-2)14-20(19)32-3/h6-7,10-14,16,22,27H,4-5,8-9H2,1-3H3/b23-21-. The van der Waals surface area contributed by atoms with Gasteiger partial charge in [-0.2, -0.15) is 0 Å². The number of methoxy groups -OCH3 is 3. The highest BCUT2D eigenvalue weighted by Gasteiger charge is 2.49. The van der Waals surface area contributed by atoms with E-state index in [4.69, 9.17) is 14.2 Å². The van der Waals surface area contributed by atoms with Crippen molar-refractivity contribution in [2.24, 2.45) is 0 Å². The van der Waals surface area contributed by atoms with Crippen LogP contribution in [0.25, 0.3) is 5.76 Å². The molecule has 2 fully saturated rings. The maximum atomic E-state index is 13.2. The van der Waals surface area contributed by atoms with Gasteiger partial charge in [0, 0.05) is 12.1 Å². The molecule has 1 atom stereocenters. The van der Waals surface area contributed by atoms with E-state index in [0.29, 0.717) is 28.4 Å². The van der Waals surface area contributed by atoms with Gasteiger partial charge < -0.3 is 24.2 Å². The van der Waals surface area contributed by atoms with Crippen molar-refractivity contribution in [3.8, 4) is 17.2 Å². The Hall–Kier alpha value is -3.48. The number of aliphatic hydroxyl groups excluding tert-OH is 1. The molecule has 1 heterocycles. The van der Waals surface area contributed by atoms with Crippen LogP contribution < -0.4 is 14.2 Å². The summed E-state index contributed by atoms with van der Waals surface area (Å²) in [5, 5.41) is 11.3. The molecule has 4 rings (SSSR count). The highest BCUT2D eigenvalue weighted by molar-refractivity contribution is 6.46. The molecule has 0 spiro atoms. The molecule has 1 unspecified atom stereocenters. The average Bonchev–Trinajstić information content (AvgIpc) is 3.45. The Morgan fingerprint density at radius 1 is 0.938 bits per heavy atom. The lowest BCUT2D eigenvalue weighted by Gasteiger charge is -2.31. The molecule has 1 saturated heterocycles. The van der Waals surface area contributed by atoms with Crippen molar-refractivity contribution in [1.29, 1.82) is 0 Å². The van der Waals surface area contributed by atoms with E-state index in [9.17, 15) is 14.7 Å². The normalized spacial score (nSPS) is 20.6. The molecule has 2 aromatic rings. The van der Waals surface area contributed by atoms with Crippen molar-refractivity contribution in [1.82, 2.24) is 4.90 Å². The van der Waals surface area contributed by atoms with E-state index in [0.717, 1.165) is 25.7 Å². The molecule has 0 bridgehead atoms. The second-order valence-corrected chi connectivity index (χ2v) is 7.99. The maximum absolute atomic E-state index is 13.2. The molecule has 2 aromatic carbocycles. The van der Waals surface area contributed by atoms with E-state index in [1.54, 1.807) is 42.3 Å². The minimum absolute atomic E-state index is 0.0503. The van der Waals surface area contributed by atoms with Crippen LogP contribution >= 0.6 is 0 Å². The third-order valence-corrected chi connectivity index (χ3v) is 6.27. The number of Topliss-reactive ketones (excluding diaryl/α,β-unsaturated/α-hetero) is 1. The van der Waals surface area contributed by atoms with Gasteiger partial charge in [0.2, 0.25) is 0 Å². The molecule has 7 heteroatoms. The van der Waals surface area contributed by atoms with Crippen molar-refractivity contribution in [2.45, 2.75) is 37.8 Å². The SMILES string of the molecule is COc1cccc(C2/C(=C(/O)c3ccc(OC)cc3OC)C(=O)C(=O)N2C2CCCC2)c1. The van der Waals surface area contributed by atoms with E-state index in [1.165, 1.54) is 14.2 Å². The number of hydrogen-bond donors (Lipinski definition) is 1. The fraction of sp³-hybridized carbons (Fsp3) is 0.360. The molecular weight excluding hydrogens is 410 g/mol. The Bertz CT molecular complexity index is 1070. The first-order valence-corrected chi connectivity index (χ1v) is 10.7. The summed E-state index contributed by atoms with van der Waals surface area (Å²) in [7, 11) is 4.57. The number of hydrogen-bond acceptors (Lipinski definition) is 6. The number of likely N-dealkylation sites (tertiary alicyclic amines) is 1. The van der Waals surface area contributed by atoms with Gasteiger partial charge in [0.15, 0.2) is 0 Å². The summed E-state index contributed by atoms with van der Waals surface area (Å²) in [6.45, 7) is 0. The number of carbonyl (C=O) groups is 2. The Kier molecular flexibility index (Phi) is 6.08. The second-order valence-electron chi connectivity index (χ2n) is 7.99. The highest BCUT2D eigenvalue weighted by atomic mass is 16.5. The molecule has 1 amide bonds. The van der Waals surface area contributed by atoms with Gasteiger partial charge in [-0.1, -0.05) is 25.0 Å². The number of aliphatic hydroxyl groups is 1. The Morgan fingerprint density at radius 2 is 1.62 bits per heavy atom. The summed E-state index contributed by atoms with van der Waals surface area (Å²) in [5.74, 6) is -0.0380. The molecule has 0 radical (unpaired) electrons.